The molecule has 3 heterocycles. The topological polar surface area (TPSA) is 89.7 Å². The molecule has 3 rings (SSSR count). The number of hydrogen-bond acceptors (Lipinski definition) is 6. The molecule has 0 radical (unpaired) electrons. The molecule has 1 amide bonds. The lowest BCUT2D eigenvalue weighted by Crippen LogP contribution is -2.41. The Kier molecular flexibility index (Phi) is 6.27. The average Bonchev–Trinajstić information content (AvgIpc) is 3.10. The van der Waals surface area contributed by atoms with Crippen LogP contribution in [0.1, 0.15) is 49.0 Å². The molecule has 164 valence electrons. The molecule has 2 aromatic heterocycles. The summed E-state index contributed by atoms with van der Waals surface area (Å²) >= 11 is 0. The van der Waals surface area contributed by atoms with E-state index in [4.69, 9.17) is 4.74 Å². The van der Waals surface area contributed by atoms with Gasteiger partial charge in [0.2, 0.25) is 0 Å². The first kappa shape index (κ1) is 22.0. The summed E-state index contributed by atoms with van der Waals surface area (Å²) in [5.74, 6) is -1.75. The highest BCUT2D eigenvalue weighted by Gasteiger charge is 2.37. The first-order valence-electron chi connectivity index (χ1n) is 9.79. The number of alkyl halides is 3. The summed E-state index contributed by atoms with van der Waals surface area (Å²) in [4.78, 5) is 33.5. The molecular weight excluding hydrogens is 403 g/mol. The maximum Gasteiger partial charge on any atom is 0.453 e. The van der Waals surface area contributed by atoms with Gasteiger partial charge in [-0.25, -0.2) is 9.50 Å². The average molecular weight is 427 g/mol. The third kappa shape index (κ3) is 4.88. The standard InChI is InChI=1S/C19H24F3N5O3/c1-11-5-4-8-26(9-11)15(28)10-30-16(29)7-6-14-12(2)23-18-24-17(19(20,21)22)25-27(18)13(14)3/h11H,4-10H2,1-3H3. The molecule has 1 saturated heterocycles. The third-order valence-corrected chi connectivity index (χ3v) is 5.25. The van der Waals surface area contributed by atoms with Gasteiger partial charge in [0.05, 0.1) is 0 Å². The van der Waals surface area contributed by atoms with Crippen molar-refractivity contribution in [1.29, 1.82) is 0 Å². The van der Waals surface area contributed by atoms with Crippen molar-refractivity contribution in [3.8, 4) is 0 Å². The largest absolute Gasteiger partial charge is 0.456 e. The zero-order valence-corrected chi connectivity index (χ0v) is 17.1. The van der Waals surface area contributed by atoms with Crippen molar-refractivity contribution in [2.24, 2.45) is 5.92 Å². The van der Waals surface area contributed by atoms with Gasteiger partial charge < -0.3 is 9.64 Å². The molecule has 8 nitrogen and oxygen atoms in total. The van der Waals surface area contributed by atoms with Crippen molar-refractivity contribution in [2.45, 2.75) is 52.6 Å². The number of piperidine rings is 1. The van der Waals surface area contributed by atoms with Crippen LogP contribution >= 0.6 is 0 Å². The lowest BCUT2D eigenvalue weighted by atomic mass is 10.0. The normalized spacial score (nSPS) is 17.4. The molecule has 0 bridgehead atoms. The van der Waals surface area contributed by atoms with Gasteiger partial charge in [0.15, 0.2) is 6.61 Å². The number of rotatable bonds is 5. The fourth-order valence-corrected chi connectivity index (χ4v) is 3.64. The van der Waals surface area contributed by atoms with E-state index in [1.165, 1.54) is 0 Å². The van der Waals surface area contributed by atoms with Gasteiger partial charge in [0, 0.05) is 30.9 Å². The lowest BCUT2D eigenvalue weighted by molar-refractivity contribution is -0.152. The quantitative estimate of drug-likeness (QED) is 0.681. The second-order valence-electron chi connectivity index (χ2n) is 7.65. The molecule has 0 saturated carbocycles. The minimum atomic E-state index is -4.67. The van der Waals surface area contributed by atoms with Crippen LogP contribution in [0.2, 0.25) is 0 Å². The Morgan fingerprint density at radius 2 is 1.97 bits per heavy atom. The van der Waals surface area contributed by atoms with Crippen LogP contribution in [0.4, 0.5) is 13.2 Å². The number of ether oxygens (including phenoxy) is 1. The summed E-state index contributed by atoms with van der Waals surface area (Å²) in [5, 5.41) is 3.48. The SMILES string of the molecule is Cc1nc2nc(C(F)(F)F)nn2c(C)c1CCC(=O)OCC(=O)N1CCCC(C)C1. The number of amides is 1. The predicted molar refractivity (Wildman–Crippen MR) is 99.5 cm³/mol. The number of carbonyl (C=O) groups excluding carboxylic acids is 2. The Balaban J connectivity index is 1.61. The number of aromatic nitrogens is 4. The first-order chi connectivity index (χ1) is 14.1. The van der Waals surface area contributed by atoms with Crippen LogP contribution in [0.3, 0.4) is 0 Å². The second-order valence-corrected chi connectivity index (χ2v) is 7.65. The summed E-state index contributed by atoms with van der Waals surface area (Å²) in [6.45, 7) is 6.34. The molecule has 1 atom stereocenters. The molecule has 1 aliphatic rings. The summed E-state index contributed by atoms with van der Waals surface area (Å²) in [7, 11) is 0. The highest BCUT2D eigenvalue weighted by molar-refractivity contribution is 5.80. The van der Waals surface area contributed by atoms with Gasteiger partial charge in [-0.3, -0.25) is 9.59 Å². The predicted octanol–water partition coefficient (Wildman–Crippen LogP) is 2.49. The van der Waals surface area contributed by atoms with Crippen molar-refractivity contribution >= 4 is 17.7 Å². The Bertz CT molecular complexity index is 957. The molecule has 1 unspecified atom stereocenters. The summed E-state index contributed by atoms with van der Waals surface area (Å²) < 4.78 is 44.7. The fraction of sp³-hybridized carbons (Fsp3) is 0.632. The summed E-state index contributed by atoms with van der Waals surface area (Å²) in [6.07, 6.45) is -2.48. The van der Waals surface area contributed by atoms with E-state index in [-0.39, 0.29) is 31.1 Å². The van der Waals surface area contributed by atoms with Crippen molar-refractivity contribution in [3.05, 3.63) is 22.8 Å². The van der Waals surface area contributed by atoms with E-state index in [1.807, 2.05) is 0 Å². The van der Waals surface area contributed by atoms with Crippen LogP contribution in [0.5, 0.6) is 0 Å². The van der Waals surface area contributed by atoms with E-state index < -0.39 is 18.0 Å². The van der Waals surface area contributed by atoms with Gasteiger partial charge in [0.25, 0.3) is 17.5 Å². The Morgan fingerprint density at radius 1 is 1.23 bits per heavy atom. The van der Waals surface area contributed by atoms with Crippen LogP contribution in [0, 0.1) is 19.8 Å². The van der Waals surface area contributed by atoms with Gasteiger partial charge in [-0.2, -0.15) is 18.2 Å². The molecule has 1 fully saturated rings. The molecular formula is C19H24F3N5O3. The van der Waals surface area contributed by atoms with Crippen molar-refractivity contribution in [3.63, 3.8) is 0 Å². The molecule has 11 heteroatoms. The highest BCUT2D eigenvalue weighted by Crippen LogP contribution is 2.27. The highest BCUT2D eigenvalue weighted by atomic mass is 19.4. The van der Waals surface area contributed by atoms with Gasteiger partial charge in [-0.1, -0.05) is 6.92 Å². The minimum Gasteiger partial charge on any atom is -0.456 e. The number of esters is 1. The monoisotopic (exact) mass is 427 g/mol. The maximum absolute atomic E-state index is 12.9. The summed E-state index contributed by atoms with van der Waals surface area (Å²) in [6, 6.07) is 0. The fourth-order valence-electron chi connectivity index (χ4n) is 3.64. The van der Waals surface area contributed by atoms with E-state index in [0.717, 1.165) is 17.4 Å². The van der Waals surface area contributed by atoms with Gasteiger partial charge in [0.1, 0.15) is 0 Å². The Morgan fingerprint density at radius 3 is 2.63 bits per heavy atom. The maximum atomic E-state index is 12.9. The van der Waals surface area contributed by atoms with Crippen molar-refractivity contribution < 1.29 is 27.5 Å². The lowest BCUT2D eigenvalue weighted by Gasteiger charge is -2.30. The molecule has 0 N–H and O–H groups in total. The number of hydrogen-bond donors (Lipinski definition) is 0. The number of nitrogens with zero attached hydrogens (tertiary/aromatic N) is 5. The number of likely N-dealkylation sites (tertiary alicyclic amines) is 1. The van der Waals surface area contributed by atoms with Gasteiger partial charge >= 0.3 is 12.1 Å². The Hall–Kier alpha value is -2.72. The second kappa shape index (κ2) is 8.57. The smallest absolute Gasteiger partial charge is 0.453 e. The number of carbonyl (C=O) groups is 2. The zero-order valence-electron chi connectivity index (χ0n) is 17.1. The van der Waals surface area contributed by atoms with E-state index in [9.17, 15) is 22.8 Å². The van der Waals surface area contributed by atoms with E-state index in [1.54, 1.807) is 18.7 Å². The minimum absolute atomic E-state index is 0.0284. The molecule has 0 spiro atoms. The van der Waals surface area contributed by atoms with Crippen LogP contribution < -0.4 is 0 Å². The summed E-state index contributed by atoms with van der Waals surface area (Å²) in [5.41, 5.74) is 1.48. The van der Waals surface area contributed by atoms with Crippen LogP contribution in [0.15, 0.2) is 0 Å². The van der Waals surface area contributed by atoms with Crippen molar-refractivity contribution in [2.75, 3.05) is 19.7 Å². The molecule has 2 aromatic rings. The third-order valence-electron chi connectivity index (χ3n) is 5.25. The number of fused-ring (bicyclic) bond motifs is 1. The number of aryl methyl sites for hydroxylation is 2. The molecule has 0 aliphatic carbocycles. The van der Waals surface area contributed by atoms with Crippen LogP contribution in [-0.4, -0.2) is 56.1 Å². The van der Waals surface area contributed by atoms with Crippen molar-refractivity contribution in [1.82, 2.24) is 24.5 Å². The van der Waals surface area contributed by atoms with Gasteiger partial charge in [-0.15, -0.1) is 5.10 Å². The molecule has 30 heavy (non-hydrogen) atoms. The first-order valence-corrected chi connectivity index (χ1v) is 9.79. The van der Waals surface area contributed by atoms with Crippen LogP contribution in [-0.2, 0) is 26.9 Å². The van der Waals surface area contributed by atoms with E-state index >= 15 is 0 Å². The number of halogens is 3. The van der Waals surface area contributed by atoms with Gasteiger partial charge in [-0.05, 0) is 44.6 Å². The van der Waals surface area contributed by atoms with Crippen LogP contribution in [0.25, 0.3) is 5.78 Å². The zero-order chi connectivity index (χ0) is 22.1. The molecule has 1 aliphatic heterocycles. The van der Waals surface area contributed by atoms with E-state index in [0.29, 0.717) is 36.0 Å². The van der Waals surface area contributed by atoms with E-state index in [2.05, 4.69) is 22.0 Å². The Labute approximate surface area is 171 Å². The molecule has 0 aromatic carbocycles.